The molecule has 0 fully saturated rings. The van der Waals surface area contributed by atoms with Gasteiger partial charge in [-0.3, -0.25) is 4.79 Å². The van der Waals surface area contributed by atoms with Crippen LogP contribution in [0.5, 0.6) is 0 Å². The quantitative estimate of drug-likeness (QED) is 0.807. The molecule has 1 heterocycles. The number of tetrazole rings is 1. The Labute approximate surface area is 115 Å². The number of rotatable bonds is 3. The fourth-order valence-corrected chi connectivity index (χ4v) is 1.67. The minimum absolute atomic E-state index is 0.221. The van der Waals surface area contributed by atoms with E-state index in [0.717, 1.165) is 3.57 Å². The number of nitrogens with one attached hydrogen (secondary N) is 2. The number of nitrogens with zero attached hydrogens (tertiary/aromatic N) is 3. The third-order valence-corrected chi connectivity index (χ3v) is 3.55. The number of benzene rings is 1. The smallest absolute Gasteiger partial charge is 0.251 e. The maximum Gasteiger partial charge on any atom is 0.251 e. The summed E-state index contributed by atoms with van der Waals surface area (Å²) in [5, 5.41) is 16.4. The molecule has 88 valence electrons. The lowest BCUT2D eigenvalue weighted by molar-refractivity contribution is 0.0950. The van der Waals surface area contributed by atoms with E-state index in [1.807, 2.05) is 0 Å². The van der Waals surface area contributed by atoms with Gasteiger partial charge in [-0.05, 0) is 40.8 Å². The van der Waals surface area contributed by atoms with E-state index in [9.17, 15) is 4.79 Å². The van der Waals surface area contributed by atoms with Crippen LogP contribution < -0.4 is 5.32 Å². The molecule has 1 amide bonds. The number of carbonyl (C=O) groups is 1. The van der Waals surface area contributed by atoms with Crippen molar-refractivity contribution in [2.75, 3.05) is 0 Å². The number of carbonyl (C=O) groups excluding carboxylic acids is 1. The molecular formula is C9H7ClIN5O. The minimum Gasteiger partial charge on any atom is -0.345 e. The molecule has 17 heavy (non-hydrogen) atoms. The molecule has 2 N–H and O–H groups in total. The standard InChI is InChI=1S/C9H7ClIN5O/c10-6-3-5(1-2-7(6)11)9(17)12-4-8-13-15-16-14-8/h1-3H,4H2,(H,12,17)(H,13,14,15,16). The topological polar surface area (TPSA) is 83.6 Å². The van der Waals surface area contributed by atoms with Crippen LogP contribution in [0.1, 0.15) is 16.2 Å². The van der Waals surface area contributed by atoms with Gasteiger partial charge < -0.3 is 5.32 Å². The van der Waals surface area contributed by atoms with Gasteiger partial charge in [0, 0.05) is 9.13 Å². The Kier molecular flexibility index (Phi) is 3.89. The Morgan fingerprint density at radius 1 is 1.53 bits per heavy atom. The molecule has 0 aliphatic rings. The van der Waals surface area contributed by atoms with E-state index in [4.69, 9.17) is 11.6 Å². The van der Waals surface area contributed by atoms with Gasteiger partial charge in [-0.15, -0.1) is 10.2 Å². The summed E-state index contributed by atoms with van der Waals surface area (Å²) in [6.45, 7) is 0.221. The molecule has 1 aromatic heterocycles. The first kappa shape index (κ1) is 12.2. The fraction of sp³-hybridized carbons (Fsp3) is 0.111. The van der Waals surface area contributed by atoms with Crippen molar-refractivity contribution in [2.45, 2.75) is 6.54 Å². The molecule has 0 saturated heterocycles. The van der Waals surface area contributed by atoms with Gasteiger partial charge in [0.25, 0.3) is 5.91 Å². The molecule has 0 saturated carbocycles. The van der Waals surface area contributed by atoms with Gasteiger partial charge in [0.15, 0.2) is 5.82 Å². The molecule has 2 aromatic rings. The van der Waals surface area contributed by atoms with Gasteiger partial charge in [-0.2, -0.15) is 5.21 Å². The molecular weight excluding hydrogens is 356 g/mol. The average molecular weight is 364 g/mol. The molecule has 6 nitrogen and oxygen atoms in total. The summed E-state index contributed by atoms with van der Waals surface area (Å²) >= 11 is 8.03. The minimum atomic E-state index is -0.229. The average Bonchev–Trinajstić information content (AvgIpc) is 2.82. The van der Waals surface area contributed by atoms with E-state index in [0.29, 0.717) is 16.4 Å². The maximum absolute atomic E-state index is 11.7. The van der Waals surface area contributed by atoms with Gasteiger partial charge in [0.05, 0.1) is 11.6 Å². The molecule has 0 unspecified atom stereocenters. The van der Waals surface area contributed by atoms with Crippen molar-refractivity contribution in [3.05, 3.63) is 38.2 Å². The SMILES string of the molecule is O=C(NCc1nn[nH]n1)c1ccc(I)c(Cl)c1. The molecule has 0 spiro atoms. The van der Waals surface area contributed by atoms with Crippen molar-refractivity contribution in [3.63, 3.8) is 0 Å². The largest absolute Gasteiger partial charge is 0.345 e. The number of hydrogen-bond donors (Lipinski definition) is 2. The Morgan fingerprint density at radius 2 is 2.35 bits per heavy atom. The lowest BCUT2D eigenvalue weighted by atomic mass is 10.2. The lowest BCUT2D eigenvalue weighted by Gasteiger charge is -2.03. The first-order valence-corrected chi connectivity index (χ1v) is 6.08. The Bertz CT molecular complexity index is 530. The first-order chi connectivity index (χ1) is 8.16. The highest BCUT2D eigenvalue weighted by Crippen LogP contribution is 2.19. The van der Waals surface area contributed by atoms with Crippen LogP contribution in [0.2, 0.25) is 5.02 Å². The van der Waals surface area contributed by atoms with Crippen molar-refractivity contribution >= 4 is 40.1 Å². The normalized spacial score (nSPS) is 10.2. The van der Waals surface area contributed by atoms with E-state index in [-0.39, 0.29) is 12.5 Å². The summed E-state index contributed by atoms with van der Waals surface area (Å²) in [4.78, 5) is 11.7. The summed E-state index contributed by atoms with van der Waals surface area (Å²) in [5.41, 5.74) is 0.499. The molecule has 8 heteroatoms. The zero-order valence-corrected chi connectivity index (χ0v) is 11.4. The van der Waals surface area contributed by atoms with Crippen LogP contribution in [0.25, 0.3) is 0 Å². The van der Waals surface area contributed by atoms with Crippen molar-refractivity contribution < 1.29 is 4.79 Å². The van der Waals surface area contributed by atoms with Crippen molar-refractivity contribution in [1.82, 2.24) is 25.9 Å². The second-order valence-corrected chi connectivity index (χ2v) is 4.71. The second kappa shape index (κ2) is 5.41. The summed E-state index contributed by atoms with van der Waals surface area (Å²) in [6.07, 6.45) is 0. The molecule has 0 radical (unpaired) electrons. The summed E-state index contributed by atoms with van der Waals surface area (Å²) in [6, 6.07) is 5.11. The Morgan fingerprint density at radius 3 is 3.00 bits per heavy atom. The number of aromatic amines is 1. The van der Waals surface area contributed by atoms with Gasteiger partial charge in [0.2, 0.25) is 0 Å². The van der Waals surface area contributed by atoms with Crippen molar-refractivity contribution in [2.24, 2.45) is 0 Å². The van der Waals surface area contributed by atoms with Gasteiger partial charge >= 0.3 is 0 Å². The number of hydrogen-bond acceptors (Lipinski definition) is 4. The van der Waals surface area contributed by atoms with Crippen LogP contribution >= 0.6 is 34.2 Å². The predicted octanol–water partition coefficient (Wildman–Crippen LogP) is 1.39. The van der Waals surface area contributed by atoms with Crippen LogP contribution in [-0.4, -0.2) is 26.5 Å². The predicted molar refractivity (Wildman–Crippen MR) is 69.5 cm³/mol. The number of aromatic nitrogens is 4. The fourth-order valence-electron chi connectivity index (χ4n) is 1.16. The number of halogens is 2. The van der Waals surface area contributed by atoms with E-state index >= 15 is 0 Å². The molecule has 0 bridgehead atoms. The van der Waals surface area contributed by atoms with E-state index < -0.39 is 0 Å². The van der Waals surface area contributed by atoms with Crippen LogP contribution in [0.3, 0.4) is 0 Å². The highest BCUT2D eigenvalue weighted by molar-refractivity contribution is 14.1. The molecule has 0 aliphatic carbocycles. The van der Waals surface area contributed by atoms with E-state index in [1.165, 1.54) is 0 Å². The summed E-state index contributed by atoms with van der Waals surface area (Å²) in [5.74, 6) is 0.197. The molecule has 2 rings (SSSR count). The van der Waals surface area contributed by atoms with Crippen molar-refractivity contribution in [1.29, 1.82) is 0 Å². The third kappa shape index (κ3) is 3.13. The number of H-pyrrole nitrogens is 1. The zero-order chi connectivity index (χ0) is 12.3. The van der Waals surface area contributed by atoms with Gasteiger partial charge in [0.1, 0.15) is 0 Å². The maximum atomic E-state index is 11.7. The van der Waals surface area contributed by atoms with Gasteiger partial charge in [-0.25, -0.2) is 0 Å². The summed E-state index contributed by atoms with van der Waals surface area (Å²) in [7, 11) is 0. The monoisotopic (exact) mass is 363 g/mol. The Hall–Kier alpha value is -1.22. The third-order valence-electron chi connectivity index (χ3n) is 1.98. The Balaban J connectivity index is 2.02. The van der Waals surface area contributed by atoms with Crippen molar-refractivity contribution in [3.8, 4) is 0 Å². The highest BCUT2D eigenvalue weighted by Gasteiger charge is 2.08. The van der Waals surface area contributed by atoms with Crippen LogP contribution in [0, 0.1) is 3.57 Å². The highest BCUT2D eigenvalue weighted by atomic mass is 127. The molecule has 0 aliphatic heterocycles. The number of amides is 1. The van der Waals surface area contributed by atoms with E-state index in [2.05, 4.69) is 48.5 Å². The van der Waals surface area contributed by atoms with Gasteiger partial charge in [-0.1, -0.05) is 16.8 Å². The molecule has 0 atom stereocenters. The lowest BCUT2D eigenvalue weighted by Crippen LogP contribution is -2.23. The van der Waals surface area contributed by atoms with Crippen LogP contribution in [0.4, 0.5) is 0 Å². The summed E-state index contributed by atoms with van der Waals surface area (Å²) < 4.78 is 0.902. The van der Waals surface area contributed by atoms with Crippen LogP contribution in [0.15, 0.2) is 18.2 Å². The van der Waals surface area contributed by atoms with E-state index in [1.54, 1.807) is 18.2 Å². The molecule has 1 aromatic carbocycles. The zero-order valence-electron chi connectivity index (χ0n) is 8.44. The first-order valence-electron chi connectivity index (χ1n) is 4.62. The second-order valence-electron chi connectivity index (χ2n) is 3.14. The van der Waals surface area contributed by atoms with Crippen LogP contribution in [-0.2, 0) is 6.54 Å².